The number of Topliss-reactive ketones (excluding diaryl/α,β-unsaturated/α-hetero) is 1. The van der Waals surface area contributed by atoms with Crippen LogP contribution in [0.15, 0.2) is 47.8 Å². The largest absolute Gasteiger partial charge is 0.450 e. The van der Waals surface area contributed by atoms with Crippen LogP contribution in [0.25, 0.3) is 10.6 Å². The normalized spacial score (nSPS) is 11.9. The van der Waals surface area contributed by atoms with Crippen molar-refractivity contribution < 1.29 is 18.7 Å². The van der Waals surface area contributed by atoms with E-state index in [1.807, 2.05) is 19.9 Å². The molecule has 1 heterocycles. The molecule has 4 nitrogen and oxygen atoms in total. The maximum atomic E-state index is 13.0. The molecule has 1 atom stereocenters. The molecule has 0 bridgehead atoms. The third-order valence-corrected chi connectivity index (χ3v) is 5.14. The van der Waals surface area contributed by atoms with E-state index in [4.69, 9.17) is 4.74 Å². The highest BCUT2D eigenvalue weighted by atomic mass is 32.1. The van der Waals surface area contributed by atoms with E-state index in [1.165, 1.54) is 23.5 Å². The number of nitrogens with zero attached hydrogens (tertiary/aromatic N) is 1. The third kappa shape index (κ3) is 4.28. The van der Waals surface area contributed by atoms with Crippen molar-refractivity contribution in [2.75, 3.05) is 0 Å². The molecule has 0 saturated heterocycles. The molecular weight excluding hydrogens is 365 g/mol. The lowest BCUT2D eigenvalue weighted by molar-refractivity contribution is 0.0314. The fourth-order valence-electron chi connectivity index (χ4n) is 2.50. The summed E-state index contributed by atoms with van der Waals surface area (Å²) in [5.41, 5.74) is 3.43. The van der Waals surface area contributed by atoms with Crippen molar-refractivity contribution in [3.05, 3.63) is 76.0 Å². The number of carbonyl (C=O) groups excluding carboxylic acids is 2. The minimum absolute atomic E-state index is 0.124. The first-order valence-corrected chi connectivity index (χ1v) is 9.27. The van der Waals surface area contributed by atoms with E-state index >= 15 is 0 Å². The maximum Gasteiger partial charge on any atom is 0.358 e. The number of carbonyl (C=O) groups is 2. The first kappa shape index (κ1) is 18.9. The zero-order valence-corrected chi connectivity index (χ0v) is 16.0. The van der Waals surface area contributed by atoms with Crippen molar-refractivity contribution >= 4 is 23.1 Å². The molecule has 0 aliphatic carbocycles. The quantitative estimate of drug-likeness (QED) is 0.460. The van der Waals surface area contributed by atoms with Gasteiger partial charge in [0.1, 0.15) is 10.8 Å². The molecule has 0 N–H and O–H groups in total. The van der Waals surface area contributed by atoms with Crippen LogP contribution in [0.1, 0.15) is 38.9 Å². The first-order chi connectivity index (χ1) is 12.8. The molecule has 3 rings (SSSR count). The Kier molecular flexibility index (Phi) is 5.46. The van der Waals surface area contributed by atoms with Crippen LogP contribution >= 0.6 is 11.3 Å². The smallest absolute Gasteiger partial charge is 0.358 e. The van der Waals surface area contributed by atoms with Crippen LogP contribution in [-0.4, -0.2) is 22.8 Å². The summed E-state index contributed by atoms with van der Waals surface area (Å²) in [7, 11) is 0. The Labute approximate surface area is 160 Å². The monoisotopic (exact) mass is 383 g/mol. The Morgan fingerprint density at radius 1 is 1.07 bits per heavy atom. The summed E-state index contributed by atoms with van der Waals surface area (Å²) >= 11 is 1.25. The number of hydrogen-bond acceptors (Lipinski definition) is 5. The van der Waals surface area contributed by atoms with Crippen LogP contribution in [0.4, 0.5) is 4.39 Å². The number of halogens is 1. The van der Waals surface area contributed by atoms with Gasteiger partial charge in [-0.15, -0.1) is 11.3 Å². The topological polar surface area (TPSA) is 56.3 Å². The van der Waals surface area contributed by atoms with Crippen molar-refractivity contribution in [1.29, 1.82) is 0 Å². The standard InChI is InChI=1S/C21H18FNO3S/c1-12-4-5-16(10-13(12)2)19(24)14(3)26-21(25)18-11-27-20(23-18)15-6-8-17(22)9-7-15/h4-11,14H,1-3H3/t14-/m1/s1. The SMILES string of the molecule is Cc1ccc(C(=O)[C@@H](C)OC(=O)c2csc(-c3ccc(F)cc3)n2)cc1C. The maximum absolute atomic E-state index is 13.0. The van der Waals surface area contributed by atoms with Crippen molar-refractivity contribution in [2.45, 2.75) is 26.9 Å². The fraction of sp³-hybridized carbons (Fsp3) is 0.190. The molecule has 0 amide bonds. The molecule has 0 aliphatic heterocycles. The summed E-state index contributed by atoms with van der Waals surface area (Å²) in [5.74, 6) is -1.27. The van der Waals surface area contributed by atoms with Gasteiger partial charge in [-0.25, -0.2) is 14.2 Å². The number of hydrogen-bond donors (Lipinski definition) is 0. The second kappa shape index (κ2) is 7.80. The molecule has 3 aromatic rings. The average molecular weight is 383 g/mol. The molecule has 1 aromatic heterocycles. The van der Waals surface area contributed by atoms with Crippen LogP contribution < -0.4 is 0 Å². The second-order valence-electron chi connectivity index (χ2n) is 6.26. The number of benzene rings is 2. The van der Waals surface area contributed by atoms with E-state index in [0.717, 1.165) is 11.1 Å². The van der Waals surface area contributed by atoms with Gasteiger partial charge in [0.25, 0.3) is 0 Å². The van der Waals surface area contributed by atoms with Gasteiger partial charge in [0.05, 0.1) is 0 Å². The van der Waals surface area contributed by atoms with Gasteiger partial charge in [-0.3, -0.25) is 4.79 Å². The number of rotatable bonds is 5. The van der Waals surface area contributed by atoms with Gasteiger partial charge < -0.3 is 4.74 Å². The van der Waals surface area contributed by atoms with E-state index < -0.39 is 12.1 Å². The molecule has 2 aromatic carbocycles. The number of ether oxygens (including phenoxy) is 1. The Morgan fingerprint density at radius 3 is 2.44 bits per heavy atom. The minimum atomic E-state index is -0.921. The number of aromatic nitrogens is 1. The molecule has 6 heteroatoms. The fourth-order valence-corrected chi connectivity index (χ4v) is 3.29. The molecule has 0 unspecified atom stereocenters. The lowest BCUT2D eigenvalue weighted by Crippen LogP contribution is -2.24. The highest BCUT2D eigenvalue weighted by Crippen LogP contribution is 2.24. The Bertz CT molecular complexity index is 995. The zero-order valence-electron chi connectivity index (χ0n) is 15.2. The number of ketones is 1. The van der Waals surface area contributed by atoms with E-state index in [0.29, 0.717) is 16.1 Å². The summed E-state index contributed by atoms with van der Waals surface area (Å²) in [6.45, 7) is 5.44. The van der Waals surface area contributed by atoms with Gasteiger partial charge in [-0.1, -0.05) is 12.1 Å². The summed E-state index contributed by atoms with van der Waals surface area (Å²) in [4.78, 5) is 29.1. The van der Waals surface area contributed by atoms with Gasteiger partial charge in [-0.2, -0.15) is 0 Å². The number of esters is 1. The summed E-state index contributed by atoms with van der Waals surface area (Å²) in [5, 5.41) is 2.14. The Balaban J connectivity index is 1.70. The second-order valence-corrected chi connectivity index (χ2v) is 7.11. The summed E-state index contributed by atoms with van der Waals surface area (Å²) in [6, 6.07) is 11.2. The van der Waals surface area contributed by atoms with Gasteiger partial charge in [0.2, 0.25) is 5.78 Å². The highest BCUT2D eigenvalue weighted by molar-refractivity contribution is 7.13. The lowest BCUT2D eigenvalue weighted by Gasteiger charge is -2.12. The van der Waals surface area contributed by atoms with E-state index in [1.54, 1.807) is 36.6 Å². The molecule has 138 valence electrons. The van der Waals surface area contributed by atoms with Crippen molar-refractivity contribution in [2.24, 2.45) is 0 Å². The van der Waals surface area contributed by atoms with Crippen LogP contribution in [0, 0.1) is 19.7 Å². The summed E-state index contributed by atoms with van der Waals surface area (Å²) < 4.78 is 18.3. The molecule has 0 fully saturated rings. The van der Waals surface area contributed by atoms with Gasteiger partial charge >= 0.3 is 5.97 Å². The number of thiazole rings is 1. The van der Waals surface area contributed by atoms with Crippen LogP contribution in [0.5, 0.6) is 0 Å². The predicted molar refractivity (Wildman–Crippen MR) is 103 cm³/mol. The van der Waals surface area contributed by atoms with E-state index in [-0.39, 0.29) is 17.3 Å². The molecule has 0 aliphatic rings. The van der Waals surface area contributed by atoms with Crippen LogP contribution in [-0.2, 0) is 4.74 Å². The lowest BCUT2D eigenvalue weighted by atomic mass is 10.0. The molecule has 0 radical (unpaired) electrons. The minimum Gasteiger partial charge on any atom is -0.450 e. The third-order valence-electron chi connectivity index (χ3n) is 4.25. The number of aryl methyl sites for hydroxylation is 2. The van der Waals surface area contributed by atoms with Gasteiger partial charge in [0.15, 0.2) is 11.8 Å². The van der Waals surface area contributed by atoms with E-state index in [2.05, 4.69) is 4.98 Å². The van der Waals surface area contributed by atoms with E-state index in [9.17, 15) is 14.0 Å². The highest BCUT2D eigenvalue weighted by Gasteiger charge is 2.22. The van der Waals surface area contributed by atoms with Crippen LogP contribution in [0.2, 0.25) is 0 Å². The predicted octanol–water partition coefficient (Wildman–Crippen LogP) is 4.99. The van der Waals surface area contributed by atoms with Gasteiger partial charge in [-0.05, 0) is 62.2 Å². The summed E-state index contributed by atoms with van der Waals surface area (Å²) in [6.07, 6.45) is -0.921. The zero-order chi connectivity index (χ0) is 19.6. The van der Waals surface area contributed by atoms with Crippen molar-refractivity contribution in [1.82, 2.24) is 4.98 Å². The first-order valence-electron chi connectivity index (χ1n) is 8.39. The Morgan fingerprint density at radius 2 is 1.78 bits per heavy atom. The van der Waals surface area contributed by atoms with Crippen LogP contribution in [0.3, 0.4) is 0 Å². The molecule has 0 spiro atoms. The molecule has 0 saturated carbocycles. The van der Waals surface area contributed by atoms with Gasteiger partial charge in [0, 0.05) is 16.5 Å². The average Bonchev–Trinajstić information content (AvgIpc) is 3.14. The van der Waals surface area contributed by atoms with Crippen molar-refractivity contribution in [3.8, 4) is 10.6 Å². The Hall–Kier alpha value is -2.86. The molecule has 27 heavy (non-hydrogen) atoms. The molecular formula is C21H18FNO3S. The van der Waals surface area contributed by atoms with Crippen molar-refractivity contribution in [3.63, 3.8) is 0 Å².